The van der Waals surface area contributed by atoms with Crippen molar-refractivity contribution in [1.82, 2.24) is 4.90 Å². The Morgan fingerprint density at radius 3 is 2.46 bits per heavy atom. The van der Waals surface area contributed by atoms with E-state index in [9.17, 15) is 27.2 Å². The monoisotopic (exact) mass is 346 g/mol. The SMILES string of the molecule is CC(C)C(C(=O)Nc1cc(C(F)(F)F)ccc1F)N1CCCC1=O. The van der Waals surface area contributed by atoms with Gasteiger partial charge in [0, 0.05) is 13.0 Å². The minimum Gasteiger partial charge on any atom is -0.330 e. The van der Waals surface area contributed by atoms with E-state index in [1.165, 1.54) is 4.90 Å². The number of alkyl halides is 3. The van der Waals surface area contributed by atoms with Crippen LogP contribution in [0.25, 0.3) is 0 Å². The minimum absolute atomic E-state index is 0.187. The number of carbonyl (C=O) groups is 2. The van der Waals surface area contributed by atoms with E-state index in [1.54, 1.807) is 13.8 Å². The molecule has 2 amide bonds. The number of benzene rings is 1. The molecule has 1 N–H and O–H groups in total. The molecule has 1 saturated heterocycles. The molecule has 1 heterocycles. The molecule has 0 aromatic heterocycles. The highest BCUT2D eigenvalue weighted by Gasteiger charge is 2.36. The predicted molar refractivity (Wildman–Crippen MR) is 79.6 cm³/mol. The van der Waals surface area contributed by atoms with Crippen molar-refractivity contribution < 1.29 is 27.2 Å². The fraction of sp³-hybridized carbons (Fsp3) is 0.500. The fourth-order valence-electron chi connectivity index (χ4n) is 2.77. The van der Waals surface area contributed by atoms with Crippen molar-refractivity contribution >= 4 is 17.5 Å². The maximum atomic E-state index is 13.8. The van der Waals surface area contributed by atoms with Gasteiger partial charge >= 0.3 is 6.18 Å². The number of hydrogen-bond acceptors (Lipinski definition) is 2. The van der Waals surface area contributed by atoms with Crippen LogP contribution in [0, 0.1) is 11.7 Å². The minimum atomic E-state index is -4.64. The summed E-state index contributed by atoms with van der Waals surface area (Å²) in [5, 5.41) is 2.19. The Balaban J connectivity index is 2.25. The van der Waals surface area contributed by atoms with Gasteiger partial charge in [-0.25, -0.2) is 4.39 Å². The average molecular weight is 346 g/mol. The maximum absolute atomic E-state index is 13.8. The molecule has 0 bridgehead atoms. The first-order chi connectivity index (χ1) is 11.1. The molecule has 1 aromatic rings. The Bertz CT molecular complexity index is 643. The van der Waals surface area contributed by atoms with E-state index in [0.717, 1.165) is 0 Å². The molecule has 1 fully saturated rings. The second-order valence-corrected chi connectivity index (χ2v) is 6.06. The molecule has 1 aliphatic heterocycles. The third kappa shape index (κ3) is 3.85. The topological polar surface area (TPSA) is 49.4 Å². The summed E-state index contributed by atoms with van der Waals surface area (Å²) in [6, 6.07) is 0.962. The van der Waals surface area contributed by atoms with Crippen molar-refractivity contribution in [3.05, 3.63) is 29.6 Å². The number of anilines is 1. The van der Waals surface area contributed by atoms with Crippen LogP contribution < -0.4 is 5.32 Å². The van der Waals surface area contributed by atoms with Crippen LogP contribution in [0.3, 0.4) is 0 Å². The van der Waals surface area contributed by atoms with Crippen LogP contribution >= 0.6 is 0 Å². The van der Waals surface area contributed by atoms with Gasteiger partial charge in [0.2, 0.25) is 11.8 Å². The van der Waals surface area contributed by atoms with Crippen molar-refractivity contribution in [3.8, 4) is 0 Å². The molecule has 1 unspecified atom stereocenters. The Morgan fingerprint density at radius 2 is 1.96 bits per heavy atom. The van der Waals surface area contributed by atoms with Crippen molar-refractivity contribution in [2.45, 2.75) is 38.9 Å². The van der Waals surface area contributed by atoms with Gasteiger partial charge in [0.15, 0.2) is 0 Å². The Labute approximate surface area is 136 Å². The van der Waals surface area contributed by atoms with Gasteiger partial charge in [0.25, 0.3) is 0 Å². The van der Waals surface area contributed by atoms with Crippen LogP contribution in [-0.2, 0) is 15.8 Å². The van der Waals surface area contributed by atoms with E-state index in [4.69, 9.17) is 0 Å². The van der Waals surface area contributed by atoms with Gasteiger partial charge in [-0.05, 0) is 30.5 Å². The lowest BCUT2D eigenvalue weighted by Crippen LogP contribution is -2.48. The molecule has 0 spiro atoms. The van der Waals surface area contributed by atoms with E-state index in [2.05, 4.69) is 5.32 Å². The number of carbonyl (C=O) groups excluding carboxylic acids is 2. The molecule has 4 nitrogen and oxygen atoms in total. The molecule has 24 heavy (non-hydrogen) atoms. The van der Waals surface area contributed by atoms with Gasteiger partial charge < -0.3 is 10.2 Å². The molecule has 1 aliphatic rings. The summed E-state index contributed by atoms with van der Waals surface area (Å²) >= 11 is 0. The van der Waals surface area contributed by atoms with E-state index in [1.807, 2.05) is 0 Å². The fourth-order valence-corrected chi connectivity index (χ4v) is 2.77. The summed E-state index contributed by atoms with van der Waals surface area (Å²) in [6.45, 7) is 3.84. The maximum Gasteiger partial charge on any atom is 0.416 e. The molecular formula is C16H18F4N2O2. The predicted octanol–water partition coefficient (Wildman–Crippen LogP) is 3.43. The van der Waals surface area contributed by atoms with E-state index >= 15 is 0 Å². The van der Waals surface area contributed by atoms with Gasteiger partial charge in [0.1, 0.15) is 11.9 Å². The quantitative estimate of drug-likeness (QED) is 0.849. The normalized spacial score (nSPS) is 16.6. The molecule has 1 aromatic carbocycles. The lowest BCUT2D eigenvalue weighted by atomic mass is 10.0. The Hall–Kier alpha value is -2.12. The van der Waals surface area contributed by atoms with Crippen LogP contribution in [0.4, 0.5) is 23.2 Å². The van der Waals surface area contributed by atoms with Crippen molar-refractivity contribution in [1.29, 1.82) is 0 Å². The summed E-state index contributed by atoms with van der Waals surface area (Å²) in [5.41, 5.74) is -1.61. The molecule has 1 atom stereocenters. The molecule has 132 valence electrons. The summed E-state index contributed by atoms with van der Waals surface area (Å²) < 4.78 is 52.0. The number of halogens is 4. The summed E-state index contributed by atoms with van der Waals surface area (Å²) in [7, 11) is 0. The van der Waals surface area contributed by atoms with Gasteiger partial charge in [-0.15, -0.1) is 0 Å². The smallest absolute Gasteiger partial charge is 0.330 e. The summed E-state index contributed by atoms with van der Waals surface area (Å²) in [6.07, 6.45) is -3.70. The van der Waals surface area contributed by atoms with E-state index in [-0.39, 0.29) is 11.8 Å². The molecule has 0 saturated carbocycles. The van der Waals surface area contributed by atoms with Crippen molar-refractivity contribution in [2.75, 3.05) is 11.9 Å². The number of hydrogen-bond donors (Lipinski definition) is 1. The van der Waals surface area contributed by atoms with Gasteiger partial charge in [-0.2, -0.15) is 13.2 Å². The molecular weight excluding hydrogens is 328 g/mol. The van der Waals surface area contributed by atoms with Gasteiger partial charge in [-0.1, -0.05) is 13.8 Å². The second kappa shape index (κ2) is 6.78. The third-order valence-corrected chi connectivity index (χ3v) is 3.90. The standard InChI is InChI=1S/C16H18F4N2O2/c1-9(2)14(22-7-3-4-13(22)23)15(24)21-12-8-10(16(18,19)20)5-6-11(12)17/h5-6,8-9,14H,3-4,7H2,1-2H3,(H,21,24). The highest BCUT2D eigenvalue weighted by Crippen LogP contribution is 2.32. The first-order valence-corrected chi connectivity index (χ1v) is 7.58. The van der Waals surface area contributed by atoms with Gasteiger partial charge in [-0.3, -0.25) is 9.59 Å². The molecule has 8 heteroatoms. The second-order valence-electron chi connectivity index (χ2n) is 6.06. The zero-order chi connectivity index (χ0) is 18.1. The van der Waals surface area contributed by atoms with Crippen LogP contribution in [0.2, 0.25) is 0 Å². The van der Waals surface area contributed by atoms with Crippen molar-refractivity contribution in [3.63, 3.8) is 0 Å². The number of likely N-dealkylation sites (tertiary alicyclic amines) is 1. The highest BCUT2D eigenvalue weighted by molar-refractivity contribution is 5.97. The first-order valence-electron chi connectivity index (χ1n) is 7.58. The highest BCUT2D eigenvalue weighted by atomic mass is 19.4. The number of amides is 2. The van der Waals surface area contributed by atoms with Crippen LogP contribution in [0.15, 0.2) is 18.2 Å². The molecule has 0 radical (unpaired) electrons. The molecule has 0 aliphatic carbocycles. The number of nitrogens with zero attached hydrogens (tertiary/aromatic N) is 1. The largest absolute Gasteiger partial charge is 0.416 e. The summed E-state index contributed by atoms with van der Waals surface area (Å²) in [4.78, 5) is 25.7. The first kappa shape index (κ1) is 18.2. The van der Waals surface area contributed by atoms with Gasteiger partial charge in [0.05, 0.1) is 11.3 Å². The number of rotatable bonds is 4. The average Bonchev–Trinajstić information content (AvgIpc) is 2.86. The van der Waals surface area contributed by atoms with Crippen LogP contribution in [0.1, 0.15) is 32.3 Å². The summed E-state index contributed by atoms with van der Waals surface area (Å²) in [5.74, 6) is -2.11. The van der Waals surface area contributed by atoms with Crippen molar-refractivity contribution in [2.24, 2.45) is 5.92 Å². The lowest BCUT2D eigenvalue weighted by Gasteiger charge is -2.30. The third-order valence-electron chi connectivity index (χ3n) is 3.90. The van der Waals surface area contributed by atoms with Crippen LogP contribution in [-0.4, -0.2) is 29.3 Å². The zero-order valence-electron chi connectivity index (χ0n) is 13.3. The Kier molecular flexibility index (Phi) is 5.15. The van der Waals surface area contributed by atoms with E-state index in [0.29, 0.717) is 37.6 Å². The van der Waals surface area contributed by atoms with Crippen LogP contribution in [0.5, 0.6) is 0 Å². The van der Waals surface area contributed by atoms with E-state index < -0.39 is 35.2 Å². The zero-order valence-corrected chi connectivity index (χ0v) is 13.3. The number of nitrogens with one attached hydrogen (secondary N) is 1. The Morgan fingerprint density at radius 1 is 1.29 bits per heavy atom. The molecule has 2 rings (SSSR count). The lowest BCUT2D eigenvalue weighted by molar-refractivity contribution is -0.137.